The molecule has 1 aromatic rings. The second-order valence-corrected chi connectivity index (χ2v) is 8.92. The number of benzene rings is 1. The summed E-state index contributed by atoms with van der Waals surface area (Å²) in [5.74, 6) is -5.39. The Balaban J connectivity index is 1.96. The first-order valence-electron chi connectivity index (χ1n) is 10.1. The molecule has 174 valence electrons. The average molecular weight is 455 g/mol. The Kier molecular flexibility index (Phi) is 6.21. The first kappa shape index (κ1) is 23.9. The van der Waals surface area contributed by atoms with Gasteiger partial charge in [-0.3, -0.25) is 19.2 Å². The SMILES string of the molecule is CC(C)(C)OC(=O)CNC(=O)C1C(=O)c2cc(C(F)(F)F)ccc2C2(CCOCC2)C1=O. The maximum Gasteiger partial charge on any atom is 0.416 e. The van der Waals surface area contributed by atoms with E-state index in [2.05, 4.69) is 5.32 Å². The van der Waals surface area contributed by atoms with Crippen LogP contribution in [0.5, 0.6) is 0 Å². The van der Waals surface area contributed by atoms with Crippen molar-refractivity contribution in [2.75, 3.05) is 19.8 Å². The molecule has 1 N–H and O–H groups in total. The van der Waals surface area contributed by atoms with Gasteiger partial charge in [0.2, 0.25) is 5.91 Å². The number of ketones is 2. The quantitative estimate of drug-likeness (QED) is 0.556. The fraction of sp³-hybridized carbons (Fsp3) is 0.545. The number of alkyl halides is 3. The zero-order valence-electron chi connectivity index (χ0n) is 17.9. The van der Waals surface area contributed by atoms with Crippen LogP contribution < -0.4 is 5.32 Å². The van der Waals surface area contributed by atoms with Crippen LogP contribution in [0, 0.1) is 5.92 Å². The fourth-order valence-electron chi connectivity index (χ4n) is 4.14. The highest BCUT2D eigenvalue weighted by Gasteiger charge is 2.55. The van der Waals surface area contributed by atoms with Gasteiger partial charge in [0.15, 0.2) is 17.5 Å². The zero-order valence-corrected chi connectivity index (χ0v) is 17.9. The summed E-state index contributed by atoms with van der Waals surface area (Å²) in [5.41, 5.74) is -3.29. The van der Waals surface area contributed by atoms with Gasteiger partial charge in [-0.25, -0.2) is 0 Å². The molecule has 0 bridgehead atoms. The van der Waals surface area contributed by atoms with E-state index in [9.17, 15) is 32.3 Å². The van der Waals surface area contributed by atoms with Crippen LogP contribution in [0.4, 0.5) is 13.2 Å². The minimum absolute atomic E-state index is 0.132. The largest absolute Gasteiger partial charge is 0.459 e. The van der Waals surface area contributed by atoms with Crippen LogP contribution in [0.2, 0.25) is 0 Å². The molecule has 1 heterocycles. The van der Waals surface area contributed by atoms with Crippen LogP contribution in [0.25, 0.3) is 0 Å². The molecule has 1 spiro atoms. The van der Waals surface area contributed by atoms with E-state index >= 15 is 0 Å². The van der Waals surface area contributed by atoms with Gasteiger partial charge in [-0.1, -0.05) is 6.07 Å². The van der Waals surface area contributed by atoms with Gasteiger partial charge in [-0.2, -0.15) is 13.2 Å². The standard InChI is InChI=1S/C22H24F3NO6/c1-20(2,3)32-15(27)11-26-19(30)16-17(28)13-10-12(22(23,24)25)4-5-14(13)21(18(16)29)6-8-31-9-7-21/h4-5,10,16H,6-9,11H2,1-3H3,(H,26,30). The number of esters is 1. The molecule has 1 atom stereocenters. The second kappa shape index (κ2) is 8.31. The van der Waals surface area contributed by atoms with Gasteiger partial charge < -0.3 is 14.8 Å². The molecule has 1 saturated heterocycles. The number of hydrogen-bond acceptors (Lipinski definition) is 6. The highest BCUT2D eigenvalue weighted by atomic mass is 19.4. The van der Waals surface area contributed by atoms with Gasteiger partial charge in [-0.15, -0.1) is 0 Å². The van der Waals surface area contributed by atoms with E-state index in [0.29, 0.717) is 6.07 Å². The molecule has 1 fully saturated rings. The van der Waals surface area contributed by atoms with Crippen LogP contribution in [0.1, 0.15) is 55.1 Å². The van der Waals surface area contributed by atoms with E-state index in [-0.39, 0.29) is 37.2 Å². The minimum Gasteiger partial charge on any atom is -0.459 e. The third kappa shape index (κ3) is 4.55. The van der Waals surface area contributed by atoms with Crippen molar-refractivity contribution in [2.24, 2.45) is 5.92 Å². The summed E-state index contributed by atoms with van der Waals surface area (Å²) in [5, 5.41) is 2.22. The summed E-state index contributed by atoms with van der Waals surface area (Å²) in [7, 11) is 0. The van der Waals surface area contributed by atoms with Gasteiger partial charge in [0.25, 0.3) is 0 Å². The predicted molar refractivity (Wildman–Crippen MR) is 105 cm³/mol. The molecular weight excluding hydrogens is 431 g/mol. The van der Waals surface area contributed by atoms with E-state index in [0.717, 1.165) is 12.1 Å². The highest BCUT2D eigenvalue weighted by molar-refractivity contribution is 6.29. The number of hydrogen-bond donors (Lipinski definition) is 1. The second-order valence-electron chi connectivity index (χ2n) is 8.92. The van der Waals surface area contributed by atoms with Crippen molar-refractivity contribution in [3.8, 4) is 0 Å². The molecule has 32 heavy (non-hydrogen) atoms. The van der Waals surface area contributed by atoms with Gasteiger partial charge in [0.1, 0.15) is 12.1 Å². The lowest BCUT2D eigenvalue weighted by Crippen LogP contribution is -2.55. The highest BCUT2D eigenvalue weighted by Crippen LogP contribution is 2.45. The lowest BCUT2D eigenvalue weighted by Gasteiger charge is -2.42. The van der Waals surface area contributed by atoms with Crippen molar-refractivity contribution in [3.05, 3.63) is 34.9 Å². The number of amides is 1. The number of Topliss-reactive ketones (excluding diaryl/α,β-unsaturated/α-hetero) is 2. The van der Waals surface area contributed by atoms with Crippen LogP contribution in [0.3, 0.4) is 0 Å². The number of fused-ring (bicyclic) bond motifs is 2. The number of rotatable bonds is 3. The molecule has 1 aliphatic heterocycles. The lowest BCUT2D eigenvalue weighted by atomic mass is 9.60. The third-order valence-electron chi connectivity index (χ3n) is 5.56. The van der Waals surface area contributed by atoms with Gasteiger partial charge >= 0.3 is 12.1 Å². The Morgan fingerprint density at radius 1 is 1.16 bits per heavy atom. The predicted octanol–water partition coefficient (Wildman–Crippen LogP) is 2.59. The Morgan fingerprint density at radius 2 is 1.78 bits per heavy atom. The lowest BCUT2D eigenvalue weighted by molar-refractivity contribution is -0.155. The number of carbonyl (C=O) groups is 4. The molecule has 10 heteroatoms. The fourth-order valence-corrected chi connectivity index (χ4v) is 4.14. The summed E-state index contributed by atoms with van der Waals surface area (Å²) in [6, 6.07) is 2.67. The van der Waals surface area contributed by atoms with Crippen LogP contribution in [-0.2, 0) is 35.4 Å². The summed E-state index contributed by atoms with van der Waals surface area (Å²) in [6.45, 7) is 4.62. The zero-order chi connectivity index (χ0) is 23.9. The van der Waals surface area contributed by atoms with E-state index in [1.54, 1.807) is 20.8 Å². The minimum atomic E-state index is -4.70. The monoisotopic (exact) mass is 455 g/mol. The molecule has 1 aromatic carbocycles. The van der Waals surface area contributed by atoms with E-state index in [1.165, 1.54) is 0 Å². The van der Waals surface area contributed by atoms with Crippen molar-refractivity contribution < 1.29 is 41.8 Å². The number of nitrogens with one attached hydrogen (secondary N) is 1. The molecule has 0 radical (unpaired) electrons. The molecule has 3 rings (SSSR count). The van der Waals surface area contributed by atoms with Crippen LogP contribution in [-0.4, -0.2) is 48.8 Å². The van der Waals surface area contributed by atoms with Gasteiger partial charge in [-0.05, 0) is 51.3 Å². The molecular formula is C22H24F3NO6. The maximum absolute atomic E-state index is 13.4. The van der Waals surface area contributed by atoms with Crippen LogP contribution in [0.15, 0.2) is 18.2 Å². The topological polar surface area (TPSA) is 98.8 Å². The third-order valence-corrected chi connectivity index (χ3v) is 5.56. The first-order chi connectivity index (χ1) is 14.8. The normalized spacial score (nSPS) is 20.6. The Hall–Kier alpha value is -2.75. The van der Waals surface area contributed by atoms with E-state index < -0.39 is 58.7 Å². The van der Waals surface area contributed by atoms with Crippen molar-refractivity contribution in [3.63, 3.8) is 0 Å². The van der Waals surface area contributed by atoms with Crippen molar-refractivity contribution in [2.45, 2.75) is 50.8 Å². The molecule has 2 aliphatic rings. The number of ether oxygens (including phenoxy) is 2. The van der Waals surface area contributed by atoms with Gasteiger partial charge in [0.05, 0.1) is 11.0 Å². The smallest absolute Gasteiger partial charge is 0.416 e. The Bertz CT molecular complexity index is 957. The summed E-state index contributed by atoms with van der Waals surface area (Å²) in [4.78, 5) is 51.1. The Morgan fingerprint density at radius 3 is 2.34 bits per heavy atom. The number of halogens is 3. The summed E-state index contributed by atoms with van der Waals surface area (Å²) >= 11 is 0. The van der Waals surface area contributed by atoms with Crippen molar-refractivity contribution >= 4 is 23.4 Å². The molecule has 1 unspecified atom stereocenters. The van der Waals surface area contributed by atoms with Crippen LogP contribution >= 0.6 is 0 Å². The molecule has 1 amide bonds. The van der Waals surface area contributed by atoms with Crippen molar-refractivity contribution in [1.82, 2.24) is 5.32 Å². The molecule has 7 nitrogen and oxygen atoms in total. The summed E-state index contributed by atoms with van der Waals surface area (Å²) < 4.78 is 50.2. The summed E-state index contributed by atoms with van der Waals surface area (Å²) in [6.07, 6.45) is -4.44. The Labute approximate surface area is 182 Å². The van der Waals surface area contributed by atoms with Gasteiger partial charge in [0, 0.05) is 18.8 Å². The van der Waals surface area contributed by atoms with Crippen molar-refractivity contribution in [1.29, 1.82) is 0 Å². The molecule has 1 aliphatic carbocycles. The van der Waals surface area contributed by atoms with E-state index in [4.69, 9.17) is 9.47 Å². The average Bonchev–Trinajstić information content (AvgIpc) is 2.69. The first-order valence-corrected chi connectivity index (χ1v) is 10.1. The maximum atomic E-state index is 13.4. The number of carbonyl (C=O) groups excluding carboxylic acids is 4. The van der Waals surface area contributed by atoms with E-state index in [1.807, 2.05) is 0 Å². The molecule has 0 saturated carbocycles. The molecule has 0 aromatic heterocycles.